The van der Waals surface area contributed by atoms with Gasteiger partial charge in [-0.1, -0.05) is 13.8 Å². The van der Waals surface area contributed by atoms with Gasteiger partial charge in [-0.3, -0.25) is 0 Å². The molecule has 0 aliphatic heterocycles. The van der Waals surface area contributed by atoms with E-state index < -0.39 is 47.8 Å². The number of methoxy groups -OCH3 is 6. The zero-order valence-electron chi connectivity index (χ0n) is 35.8. The number of hydrogen-bond acceptors (Lipinski definition) is 20. The van der Waals surface area contributed by atoms with Crippen LogP contribution in [0.4, 0.5) is 0 Å². The van der Waals surface area contributed by atoms with Gasteiger partial charge in [0.15, 0.2) is 23.0 Å². The number of nitrogens with zero attached hydrogens (tertiary/aromatic N) is 2. The molecule has 0 saturated heterocycles. The number of esters is 2. The average molecular weight is 875 g/mol. The van der Waals surface area contributed by atoms with E-state index >= 15 is 0 Å². The number of carboxylic acids is 2. The van der Waals surface area contributed by atoms with Gasteiger partial charge in [-0.2, -0.15) is 0 Å². The van der Waals surface area contributed by atoms with Crippen molar-refractivity contribution in [1.29, 1.82) is 0 Å². The highest BCUT2D eigenvalue weighted by Gasteiger charge is 2.30. The van der Waals surface area contributed by atoms with Gasteiger partial charge >= 0.3 is 35.8 Å². The average Bonchev–Trinajstić information content (AvgIpc) is 3.23. The molecule has 344 valence electrons. The number of ether oxygens (including phenoxy) is 8. The molecule has 0 amide bonds. The van der Waals surface area contributed by atoms with E-state index in [0.717, 1.165) is 10.1 Å². The van der Waals surface area contributed by atoms with Gasteiger partial charge in [-0.05, 0) is 48.9 Å². The summed E-state index contributed by atoms with van der Waals surface area (Å²) < 4.78 is 41.9. The topological polar surface area (TPSA) is 325 Å². The van der Waals surface area contributed by atoms with Crippen molar-refractivity contribution in [3.63, 3.8) is 0 Å². The van der Waals surface area contributed by atoms with E-state index in [1.165, 1.54) is 68.9 Å². The molecule has 0 bridgehead atoms. The lowest BCUT2D eigenvalue weighted by molar-refractivity contribution is -0.219. The summed E-state index contributed by atoms with van der Waals surface area (Å²) in [6.07, 6.45) is 0.838. The fraction of sp³-hybridized carbons (Fsp3) is 0.526. The van der Waals surface area contributed by atoms with Gasteiger partial charge in [0.05, 0.1) is 79.6 Å². The molecule has 2 rings (SSSR count). The van der Waals surface area contributed by atoms with Gasteiger partial charge in [0.2, 0.25) is 11.5 Å². The number of carbonyl (C=O) groups is 6. The number of rotatable bonds is 22. The molecular formula is C38H58N4O19. The third-order valence-electron chi connectivity index (χ3n) is 8.80. The number of carboxylic acid groups (broad SMARTS) is 2. The van der Waals surface area contributed by atoms with Crippen molar-refractivity contribution in [2.45, 2.75) is 38.8 Å². The predicted molar refractivity (Wildman–Crippen MR) is 213 cm³/mol. The summed E-state index contributed by atoms with van der Waals surface area (Å²) in [6.45, 7) is 4.03. The predicted octanol–water partition coefficient (Wildman–Crippen LogP) is 0.570. The van der Waals surface area contributed by atoms with E-state index in [0.29, 0.717) is 41.5 Å². The van der Waals surface area contributed by atoms with Crippen molar-refractivity contribution in [2.24, 2.45) is 23.3 Å². The molecule has 0 aliphatic carbocycles. The molecule has 0 radical (unpaired) electrons. The third kappa shape index (κ3) is 17.2. The third-order valence-corrected chi connectivity index (χ3v) is 8.80. The summed E-state index contributed by atoms with van der Waals surface area (Å²) in [5.74, 6) is -6.16. The number of carbonyl (C=O) groups excluding carboxylic acids is 4. The Morgan fingerprint density at radius 1 is 0.623 bits per heavy atom. The Labute approximate surface area is 352 Å². The highest BCUT2D eigenvalue weighted by Crippen LogP contribution is 2.39. The van der Waals surface area contributed by atoms with Crippen molar-refractivity contribution >= 4 is 35.8 Å². The van der Waals surface area contributed by atoms with E-state index in [9.17, 15) is 28.8 Å². The van der Waals surface area contributed by atoms with Crippen molar-refractivity contribution in [3.8, 4) is 34.5 Å². The van der Waals surface area contributed by atoms with Gasteiger partial charge in [-0.15, -0.1) is 10.1 Å². The normalized spacial score (nSPS) is 12.4. The van der Waals surface area contributed by atoms with Crippen LogP contribution in [0.5, 0.6) is 34.5 Å². The lowest BCUT2D eigenvalue weighted by Crippen LogP contribution is -2.47. The summed E-state index contributed by atoms with van der Waals surface area (Å²) in [6, 6.07) is 5.03. The second-order valence-electron chi connectivity index (χ2n) is 12.8. The van der Waals surface area contributed by atoms with Crippen LogP contribution >= 0.6 is 0 Å². The first-order valence-corrected chi connectivity index (χ1v) is 18.1. The molecule has 2 aromatic rings. The number of hydrogen-bond donors (Lipinski definition) is 4. The van der Waals surface area contributed by atoms with Crippen molar-refractivity contribution in [1.82, 2.24) is 10.1 Å². The highest BCUT2D eigenvalue weighted by molar-refractivity contribution is 6.28. The molecule has 0 heterocycles. The van der Waals surface area contributed by atoms with E-state index in [1.807, 2.05) is 6.92 Å². The number of benzene rings is 2. The van der Waals surface area contributed by atoms with Crippen molar-refractivity contribution in [2.75, 3.05) is 83.1 Å². The fourth-order valence-corrected chi connectivity index (χ4v) is 5.25. The molecule has 4 atom stereocenters. The molecule has 0 aliphatic rings. The molecular weight excluding hydrogens is 816 g/mol. The van der Waals surface area contributed by atoms with E-state index in [2.05, 4.69) is 4.84 Å². The first-order valence-electron chi connectivity index (χ1n) is 18.1. The first-order chi connectivity index (χ1) is 28.3. The van der Waals surface area contributed by atoms with E-state index in [4.69, 9.17) is 64.4 Å². The summed E-state index contributed by atoms with van der Waals surface area (Å²) in [5, 5.41) is 19.3. The van der Waals surface area contributed by atoms with Gasteiger partial charge in [0, 0.05) is 26.7 Å². The first kappa shape index (κ1) is 54.9. The van der Waals surface area contributed by atoms with Crippen LogP contribution in [0.25, 0.3) is 0 Å². The lowest BCUT2D eigenvalue weighted by Gasteiger charge is -2.33. The smallest absolute Gasteiger partial charge is 0.436 e. The van der Waals surface area contributed by atoms with Crippen LogP contribution in [0.3, 0.4) is 0 Å². The van der Waals surface area contributed by atoms with E-state index in [1.54, 1.807) is 19.1 Å². The molecule has 0 fully saturated rings. The Kier molecular flexibility index (Phi) is 24.8. The molecule has 23 heteroatoms. The van der Waals surface area contributed by atoms with Gasteiger partial charge in [-0.25, -0.2) is 28.8 Å². The second kappa shape index (κ2) is 27.6. The highest BCUT2D eigenvalue weighted by atomic mass is 16.7. The van der Waals surface area contributed by atoms with Crippen molar-refractivity contribution in [3.05, 3.63) is 35.4 Å². The number of hydroxylamine groups is 4. The largest absolute Gasteiger partial charge is 0.493 e. The van der Waals surface area contributed by atoms with Gasteiger partial charge < -0.3 is 74.7 Å². The molecule has 23 nitrogen and oxygen atoms in total. The monoisotopic (exact) mass is 874 g/mol. The van der Waals surface area contributed by atoms with Crippen LogP contribution in [0.2, 0.25) is 0 Å². The molecule has 61 heavy (non-hydrogen) atoms. The summed E-state index contributed by atoms with van der Waals surface area (Å²) in [7, 11) is 11.2. The Morgan fingerprint density at radius 2 is 0.984 bits per heavy atom. The van der Waals surface area contributed by atoms with Crippen molar-refractivity contribution < 1.29 is 92.0 Å². The summed E-state index contributed by atoms with van der Waals surface area (Å²) in [5.41, 5.74) is 11.8. The van der Waals surface area contributed by atoms with Crippen LogP contribution in [0, 0.1) is 11.8 Å². The maximum atomic E-state index is 12.6. The number of aliphatic carboxylic acids is 2. The minimum absolute atomic E-state index is 0. The molecule has 8 N–H and O–H groups in total. The number of likely N-dealkylation sites (N-methyl/N-ethyl adjacent to an activating group) is 2. The fourth-order valence-electron chi connectivity index (χ4n) is 5.25. The number of nitrogens with two attached hydrogens (primary N) is 2. The van der Waals surface area contributed by atoms with Crippen LogP contribution in [-0.4, -0.2) is 157 Å². The van der Waals surface area contributed by atoms with Crippen LogP contribution < -0.4 is 39.9 Å². The van der Waals surface area contributed by atoms with Crippen LogP contribution in [-0.2, 0) is 38.3 Å². The SMILES string of the molecule is COc1cc(C(=O)OCCC(C)C(CN(C)OC(=O)C(=O)O)N(C)OC(=O)C(=O)O)cc(OC)c1OC.COc1cc(C(=O)OCCC(C)C(N)CN)cc(OC)c1OC.O. The van der Waals surface area contributed by atoms with Crippen LogP contribution in [0.1, 0.15) is 47.4 Å². The van der Waals surface area contributed by atoms with Crippen LogP contribution in [0.15, 0.2) is 24.3 Å². The maximum Gasteiger partial charge on any atom is 0.436 e. The van der Waals surface area contributed by atoms with Gasteiger partial charge in [0.25, 0.3) is 0 Å². The minimum atomic E-state index is -1.83. The standard InChI is InChI=1S/C22H30N2O13.C16H26N2O5.H2O/c1-12(7-8-35-20(29)13-9-15(32-4)17(34-6)16(10-13)33-5)14(24(3)37-22(31)19(27)28)11-23(2)36-21(30)18(25)26;1-10(12(18)9-17)5-6-23-16(19)11-7-13(20-2)15(22-4)14(8-11)21-3;/h9-10,12,14H,7-8,11H2,1-6H3,(H,25,26)(H,27,28);7-8,10,12H,5-6,9,17-18H2,1-4H3;1H2. The van der Waals surface area contributed by atoms with Gasteiger partial charge in [0.1, 0.15) is 0 Å². The zero-order valence-corrected chi connectivity index (χ0v) is 35.8. The molecule has 2 aromatic carbocycles. The minimum Gasteiger partial charge on any atom is -0.493 e. The Balaban J connectivity index is 0.00000129. The molecule has 0 spiro atoms. The quantitative estimate of drug-likeness (QED) is 0.0714. The Bertz CT molecular complexity index is 1710. The summed E-state index contributed by atoms with van der Waals surface area (Å²) in [4.78, 5) is 78.6. The second-order valence-corrected chi connectivity index (χ2v) is 12.8. The zero-order chi connectivity index (χ0) is 45.7. The summed E-state index contributed by atoms with van der Waals surface area (Å²) >= 11 is 0. The molecule has 4 unspecified atom stereocenters. The molecule has 0 saturated carbocycles. The Morgan fingerprint density at radius 3 is 1.31 bits per heavy atom. The van der Waals surface area contributed by atoms with E-state index in [-0.39, 0.29) is 60.7 Å². The molecule has 0 aromatic heterocycles. The Hall–Kier alpha value is -6.14. The lowest BCUT2D eigenvalue weighted by atomic mass is 9.98. The maximum absolute atomic E-state index is 12.6.